The van der Waals surface area contributed by atoms with Crippen molar-refractivity contribution in [2.75, 3.05) is 26.4 Å². The zero-order valence-corrected chi connectivity index (χ0v) is 9.62. The van der Waals surface area contributed by atoms with Crippen molar-refractivity contribution in [2.24, 2.45) is 5.92 Å². The lowest BCUT2D eigenvalue weighted by Gasteiger charge is -2.23. The molecule has 1 aliphatic heterocycles. The standard InChI is InChI=1S/C11H21NO3/c1-3-15-11(13)9(2)12-7-10-5-4-6-14-8-10/h9-10,12H,3-8H2,1-2H3. The van der Waals surface area contributed by atoms with Crippen molar-refractivity contribution in [1.29, 1.82) is 0 Å². The minimum atomic E-state index is -0.216. The van der Waals surface area contributed by atoms with Crippen LogP contribution >= 0.6 is 0 Å². The number of carbonyl (C=O) groups excluding carboxylic acids is 1. The molecule has 4 nitrogen and oxygen atoms in total. The molecule has 0 amide bonds. The van der Waals surface area contributed by atoms with Crippen molar-refractivity contribution in [3.05, 3.63) is 0 Å². The fourth-order valence-electron chi connectivity index (χ4n) is 1.66. The number of nitrogens with one attached hydrogen (secondary N) is 1. The monoisotopic (exact) mass is 215 g/mol. The van der Waals surface area contributed by atoms with Gasteiger partial charge in [-0.15, -0.1) is 0 Å². The van der Waals surface area contributed by atoms with Gasteiger partial charge < -0.3 is 14.8 Å². The summed E-state index contributed by atoms with van der Waals surface area (Å²) >= 11 is 0. The second-order valence-corrected chi connectivity index (χ2v) is 3.97. The molecule has 1 fully saturated rings. The first-order valence-electron chi connectivity index (χ1n) is 5.71. The molecule has 4 heteroatoms. The van der Waals surface area contributed by atoms with Crippen molar-refractivity contribution >= 4 is 5.97 Å². The SMILES string of the molecule is CCOC(=O)C(C)NCC1CCCOC1. The molecular formula is C11H21NO3. The highest BCUT2D eigenvalue weighted by Crippen LogP contribution is 2.12. The Balaban J connectivity index is 2.14. The van der Waals surface area contributed by atoms with E-state index in [1.54, 1.807) is 0 Å². The van der Waals surface area contributed by atoms with E-state index in [2.05, 4.69) is 5.32 Å². The van der Waals surface area contributed by atoms with Gasteiger partial charge in [-0.2, -0.15) is 0 Å². The Morgan fingerprint density at radius 1 is 1.67 bits per heavy atom. The van der Waals surface area contributed by atoms with Gasteiger partial charge in [0.25, 0.3) is 0 Å². The van der Waals surface area contributed by atoms with Gasteiger partial charge >= 0.3 is 5.97 Å². The maximum absolute atomic E-state index is 11.3. The lowest BCUT2D eigenvalue weighted by molar-refractivity contribution is -0.145. The molecule has 1 saturated heterocycles. The molecule has 1 aliphatic rings. The van der Waals surface area contributed by atoms with E-state index in [4.69, 9.17) is 9.47 Å². The van der Waals surface area contributed by atoms with Crippen LogP contribution in [-0.2, 0) is 14.3 Å². The van der Waals surface area contributed by atoms with E-state index < -0.39 is 0 Å². The van der Waals surface area contributed by atoms with E-state index >= 15 is 0 Å². The third kappa shape index (κ3) is 4.62. The van der Waals surface area contributed by atoms with Crippen LogP contribution in [-0.4, -0.2) is 38.4 Å². The second-order valence-electron chi connectivity index (χ2n) is 3.97. The number of ether oxygens (including phenoxy) is 2. The van der Waals surface area contributed by atoms with Crippen molar-refractivity contribution in [1.82, 2.24) is 5.32 Å². The van der Waals surface area contributed by atoms with Crippen molar-refractivity contribution in [2.45, 2.75) is 32.7 Å². The van der Waals surface area contributed by atoms with Crippen LogP contribution < -0.4 is 5.32 Å². The summed E-state index contributed by atoms with van der Waals surface area (Å²) in [5.41, 5.74) is 0. The summed E-state index contributed by atoms with van der Waals surface area (Å²) in [6.07, 6.45) is 2.31. The molecule has 0 aromatic rings. The molecule has 1 rings (SSSR count). The molecule has 0 radical (unpaired) electrons. The van der Waals surface area contributed by atoms with Crippen molar-refractivity contribution < 1.29 is 14.3 Å². The van der Waals surface area contributed by atoms with Crippen molar-refractivity contribution in [3.63, 3.8) is 0 Å². The molecule has 1 N–H and O–H groups in total. The van der Waals surface area contributed by atoms with E-state index in [1.807, 2.05) is 13.8 Å². The highest BCUT2D eigenvalue weighted by atomic mass is 16.5. The molecule has 0 bridgehead atoms. The van der Waals surface area contributed by atoms with Crippen LogP contribution in [0.5, 0.6) is 0 Å². The Bertz CT molecular complexity index is 190. The minimum absolute atomic E-state index is 0.172. The summed E-state index contributed by atoms with van der Waals surface area (Å²) < 4.78 is 10.3. The van der Waals surface area contributed by atoms with Gasteiger partial charge in [0.05, 0.1) is 13.2 Å². The molecule has 0 aromatic heterocycles. The van der Waals surface area contributed by atoms with Gasteiger partial charge in [-0.05, 0) is 32.6 Å². The average Bonchev–Trinajstić information content (AvgIpc) is 2.27. The Kier molecular flexibility index (Phi) is 5.65. The normalized spacial score (nSPS) is 23.5. The molecular weight excluding hydrogens is 194 g/mol. The zero-order chi connectivity index (χ0) is 11.1. The van der Waals surface area contributed by atoms with Gasteiger partial charge in [0.2, 0.25) is 0 Å². The van der Waals surface area contributed by atoms with Crippen LogP contribution in [0.3, 0.4) is 0 Å². The summed E-state index contributed by atoms with van der Waals surface area (Å²) in [7, 11) is 0. The quantitative estimate of drug-likeness (QED) is 0.694. The average molecular weight is 215 g/mol. The molecule has 2 unspecified atom stereocenters. The van der Waals surface area contributed by atoms with Gasteiger partial charge in [-0.1, -0.05) is 0 Å². The Hall–Kier alpha value is -0.610. The topological polar surface area (TPSA) is 47.6 Å². The van der Waals surface area contributed by atoms with Gasteiger partial charge in [0.1, 0.15) is 6.04 Å². The number of rotatable bonds is 5. The van der Waals surface area contributed by atoms with Gasteiger partial charge in [-0.25, -0.2) is 0 Å². The molecule has 0 aromatic carbocycles. The van der Waals surface area contributed by atoms with E-state index in [-0.39, 0.29) is 12.0 Å². The summed E-state index contributed by atoms with van der Waals surface area (Å²) in [6.45, 7) is 6.62. The fourth-order valence-corrected chi connectivity index (χ4v) is 1.66. The molecule has 88 valence electrons. The number of hydrogen-bond acceptors (Lipinski definition) is 4. The predicted molar refractivity (Wildman–Crippen MR) is 57.6 cm³/mol. The van der Waals surface area contributed by atoms with Crippen LogP contribution in [0.4, 0.5) is 0 Å². The maximum atomic E-state index is 11.3. The molecule has 1 heterocycles. The minimum Gasteiger partial charge on any atom is -0.465 e. The fraction of sp³-hybridized carbons (Fsp3) is 0.909. The van der Waals surface area contributed by atoms with Gasteiger partial charge in [0, 0.05) is 13.2 Å². The third-order valence-electron chi connectivity index (χ3n) is 2.61. The van der Waals surface area contributed by atoms with Crippen LogP contribution in [0.15, 0.2) is 0 Å². The van der Waals surface area contributed by atoms with E-state index in [1.165, 1.54) is 6.42 Å². The molecule has 0 spiro atoms. The highest BCUT2D eigenvalue weighted by Gasteiger charge is 2.17. The first-order valence-corrected chi connectivity index (χ1v) is 5.71. The predicted octanol–water partition coefficient (Wildman–Crippen LogP) is 0.954. The van der Waals surface area contributed by atoms with Crippen LogP contribution in [0.1, 0.15) is 26.7 Å². The van der Waals surface area contributed by atoms with Crippen LogP contribution in [0.2, 0.25) is 0 Å². The first kappa shape index (κ1) is 12.5. The lowest BCUT2D eigenvalue weighted by Crippen LogP contribution is -2.40. The van der Waals surface area contributed by atoms with E-state index in [0.717, 1.165) is 26.2 Å². The van der Waals surface area contributed by atoms with Gasteiger partial charge in [-0.3, -0.25) is 4.79 Å². The summed E-state index contributed by atoms with van der Waals surface area (Å²) in [6, 6.07) is -0.216. The summed E-state index contributed by atoms with van der Waals surface area (Å²) in [4.78, 5) is 11.3. The number of esters is 1. The molecule has 0 saturated carbocycles. The van der Waals surface area contributed by atoms with Crippen molar-refractivity contribution in [3.8, 4) is 0 Å². The second kappa shape index (κ2) is 6.80. The Labute approximate surface area is 91.3 Å². The Morgan fingerprint density at radius 3 is 3.07 bits per heavy atom. The third-order valence-corrected chi connectivity index (χ3v) is 2.61. The molecule has 2 atom stereocenters. The van der Waals surface area contributed by atoms with E-state index in [0.29, 0.717) is 12.5 Å². The summed E-state index contributed by atoms with van der Waals surface area (Å²) in [5.74, 6) is 0.366. The Morgan fingerprint density at radius 2 is 2.47 bits per heavy atom. The molecule has 15 heavy (non-hydrogen) atoms. The number of hydrogen-bond donors (Lipinski definition) is 1. The smallest absolute Gasteiger partial charge is 0.322 e. The largest absolute Gasteiger partial charge is 0.465 e. The summed E-state index contributed by atoms with van der Waals surface area (Å²) in [5, 5.41) is 3.18. The van der Waals surface area contributed by atoms with Gasteiger partial charge in [0.15, 0.2) is 0 Å². The van der Waals surface area contributed by atoms with Crippen LogP contribution in [0.25, 0.3) is 0 Å². The lowest BCUT2D eigenvalue weighted by atomic mass is 10.0. The molecule has 0 aliphatic carbocycles. The first-order chi connectivity index (χ1) is 7.24. The van der Waals surface area contributed by atoms with E-state index in [9.17, 15) is 4.79 Å². The van der Waals surface area contributed by atoms with Crippen LogP contribution in [0, 0.1) is 5.92 Å². The maximum Gasteiger partial charge on any atom is 0.322 e. The number of carbonyl (C=O) groups is 1. The zero-order valence-electron chi connectivity index (χ0n) is 9.62. The highest BCUT2D eigenvalue weighted by molar-refractivity contribution is 5.75.